The van der Waals surface area contributed by atoms with Crippen molar-refractivity contribution in [3.8, 4) is 5.75 Å². The number of ether oxygens (including phenoxy) is 1. The Balaban J connectivity index is 2.36. The molecule has 1 amide bonds. The number of amides is 1. The molecule has 0 saturated heterocycles. The van der Waals surface area contributed by atoms with Gasteiger partial charge in [0, 0.05) is 17.8 Å². The molecule has 1 unspecified atom stereocenters. The number of hydrogen-bond acceptors (Lipinski definition) is 3. The van der Waals surface area contributed by atoms with Crippen molar-refractivity contribution in [3.05, 3.63) is 24.3 Å². The molecule has 0 fully saturated rings. The minimum Gasteiger partial charge on any atom is -0.484 e. The molecule has 0 spiro atoms. The quantitative estimate of drug-likeness (QED) is 0.730. The average molecular weight is 250 g/mol. The van der Waals surface area contributed by atoms with Crippen LogP contribution in [-0.4, -0.2) is 18.6 Å². The maximum absolute atomic E-state index is 11.7. The number of anilines is 1. The maximum atomic E-state index is 11.7. The van der Waals surface area contributed by atoms with E-state index in [2.05, 4.69) is 19.2 Å². The van der Waals surface area contributed by atoms with Gasteiger partial charge >= 0.3 is 0 Å². The molecule has 0 aromatic heterocycles. The van der Waals surface area contributed by atoms with Crippen molar-refractivity contribution in [3.63, 3.8) is 0 Å². The highest BCUT2D eigenvalue weighted by atomic mass is 16.5. The lowest BCUT2D eigenvalue weighted by Gasteiger charge is -2.16. The predicted octanol–water partition coefficient (Wildman–Crippen LogP) is 2.34. The Bertz CT molecular complexity index is 380. The Hall–Kier alpha value is -1.71. The molecular formula is C14H22N2O2. The number of nitrogen functional groups attached to an aromatic ring is 1. The van der Waals surface area contributed by atoms with E-state index >= 15 is 0 Å². The second-order valence-electron chi connectivity index (χ2n) is 4.32. The fraction of sp³-hybridized carbons (Fsp3) is 0.500. The van der Waals surface area contributed by atoms with Crippen molar-refractivity contribution < 1.29 is 9.53 Å². The fourth-order valence-electron chi connectivity index (χ4n) is 1.75. The number of benzene rings is 1. The number of nitrogens with one attached hydrogen (secondary N) is 1. The topological polar surface area (TPSA) is 64.3 Å². The monoisotopic (exact) mass is 250 g/mol. The van der Waals surface area contributed by atoms with Crippen LogP contribution in [0.4, 0.5) is 5.69 Å². The Labute approximate surface area is 109 Å². The van der Waals surface area contributed by atoms with Crippen LogP contribution < -0.4 is 15.8 Å². The Morgan fingerprint density at radius 3 is 2.83 bits per heavy atom. The Morgan fingerprint density at radius 1 is 1.44 bits per heavy atom. The summed E-state index contributed by atoms with van der Waals surface area (Å²) >= 11 is 0. The molecule has 0 heterocycles. The zero-order chi connectivity index (χ0) is 13.4. The normalized spacial score (nSPS) is 11.9. The van der Waals surface area contributed by atoms with Crippen LogP contribution in [0.1, 0.15) is 33.1 Å². The molecular weight excluding hydrogens is 228 g/mol. The van der Waals surface area contributed by atoms with Gasteiger partial charge in [0.1, 0.15) is 5.75 Å². The number of hydrogen-bond donors (Lipinski definition) is 2. The standard InChI is InChI=1S/C14H22N2O2/c1-3-6-12(4-2)16-14(17)10-18-13-8-5-7-11(15)9-13/h5,7-9,12H,3-4,6,10,15H2,1-2H3,(H,16,17). The molecule has 1 rings (SSSR count). The van der Waals surface area contributed by atoms with Crippen LogP contribution in [0.25, 0.3) is 0 Å². The number of carbonyl (C=O) groups excluding carboxylic acids is 1. The zero-order valence-electron chi connectivity index (χ0n) is 11.1. The molecule has 1 aromatic carbocycles. The van der Waals surface area contributed by atoms with Crippen molar-refractivity contribution in [2.24, 2.45) is 0 Å². The van der Waals surface area contributed by atoms with Crippen molar-refractivity contribution in [2.75, 3.05) is 12.3 Å². The summed E-state index contributed by atoms with van der Waals surface area (Å²) in [5.41, 5.74) is 6.26. The Kier molecular flexibility index (Phi) is 6.05. The van der Waals surface area contributed by atoms with E-state index in [1.807, 2.05) is 0 Å². The second-order valence-corrected chi connectivity index (χ2v) is 4.32. The SMILES string of the molecule is CCCC(CC)NC(=O)COc1cccc(N)c1. The summed E-state index contributed by atoms with van der Waals surface area (Å²) in [5, 5.41) is 2.96. The lowest BCUT2D eigenvalue weighted by molar-refractivity contribution is -0.123. The molecule has 18 heavy (non-hydrogen) atoms. The van der Waals surface area contributed by atoms with E-state index in [1.165, 1.54) is 0 Å². The van der Waals surface area contributed by atoms with Gasteiger partial charge in [0.2, 0.25) is 0 Å². The third-order valence-corrected chi connectivity index (χ3v) is 2.72. The van der Waals surface area contributed by atoms with Gasteiger partial charge < -0.3 is 15.8 Å². The Morgan fingerprint density at radius 2 is 2.22 bits per heavy atom. The summed E-state index contributed by atoms with van der Waals surface area (Å²) in [4.78, 5) is 11.7. The van der Waals surface area contributed by atoms with E-state index in [0.29, 0.717) is 11.4 Å². The van der Waals surface area contributed by atoms with E-state index in [9.17, 15) is 4.79 Å². The van der Waals surface area contributed by atoms with Gasteiger partial charge in [-0.3, -0.25) is 4.79 Å². The molecule has 0 aliphatic carbocycles. The van der Waals surface area contributed by atoms with Gasteiger partial charge in [0.05, 0.1) is 0 Å². The second kappa shape index (κ2) is 7.58. The van der Waals surface area contributed by atoms with E-state index < -0.39 is 0 Å². The van der Waals surface area contributed by atoms with Crippen LogP contribution in [0.5, 0.6) is 5.75 Å². The van der Waals surface area contributed by atoms with Gasteiger partial charge in [0.15, 0.2) is 6.61 Å². The van der Waals surface area contributed by atoms with Crippen LogP contribution in [0.15, 0.2) is 24.3 Å². The third kappa shape index (κ3) is 5.08. The van der Waals surface area contributed by atoms with E-state index in [4.69, 9.17) is 10.5 Å². The summed E-state index contributed by atoms with van der Waals surface area (Å²) in [6, 6.07) is 7.31. The lowest BCUT2D eigenvalue weighted by Crippen LogP contribution is -2.37. The van der Waals surface area contributed by atoms with Gasteiger partial charge in [-0.25, -0.2) is 0 Å². The number of rotatable bonds is 7. The van der Waals surface area contributed by atoms with Gasteiger partial charge in [0.25, 0.3) is 5.91 Å². The predicted molar refractivity (Wildman–Crippen MR) is 73.5 cm³/mol. The summed E-state index contributed by atoms with van der Waals surface area (Å²) in [5.74, 6) is 0.534. The minimum absolute atomic E-state index is 0.0314. The first-order valence-corrected chi connectivity index (χ1v) is 6.43. The summed E-state index contributed by atoms with van der Waals surface area (Å²) in [6.07, 6.45) is 3.01. The van der Waals surface area contributed by atoms with Crippen molar-refractivity contribution >= 4 is 11.6 Å². The lowest BCUT2D eigenvalue weighted by atomic mass is 10.1. The van der Waals surface area contributed by atoms with E-state index in [0.717, 1.165) is 19.3 Å². The number of carbonyl (C=O) groups is 1. The minimum atomic E-state index is -0.0854. The van der Waals surface area contributed by atoms with Crippen molar-refractivity contribution in [1.82, 2.24) is 5.32 Å². The highest BCUT2D eigenvalue weighted by Crippen LogP contribution is 2.14. The zero-order valence-corrected chi connectivity index (χ0v) is 11.1. The van der Waals surface area contributed by atoms with Crippen molar-refractivity contribution in [2.45, 2.75) is 39.2 Å². The first-order valence-electron chi connectivity index (χ1n) is 6.43. The summed E-state index contributed by atoms with van der Waals surface area (Å²) in [6.45, 7) is 4.21. The first-order chi connectivity index (χ1) is 8.65. The van der Waals surface area contributed by atoms with Crippen LogP contribution >= 0.6 is 0 Å². The van der Waals surface area contributed by atoms with E-state index in [1.54, 1.807) is 24.3 Å². The van der Waals surface area contributed by atoms with Crippen LogP contribution in [0, 0.1) is 0 Å². The highest BCUT2D eigenvalue weighted by molar-refractivity contribution is 5.77. The van der Waals surface area contributed by atoms with Gasteiger partial charge in [-0.15, -0.1) is 0 Å². The molecule has 0 aliphatic rings. The molecule has 0 saturated carbocycles. The average Bonchev–Trinajstić information content (AvgIpc) is 2.36. The summed E-state index contributed by atoms with van der Waals surface area (Å²) < 4.78 is 5.38. The molecule has 1 atom stereocenters. The molecule has 4 nitrogen and oxygen atoms in total. The van der Waals surface area contributed by atoms with Crippen LogP contribution in [0.2, 0.25) is 0 Å². The molecule has 3 N–H and O–H groups in total. The molecule has 0 aliphatic heterocycles. The third-order valence-electron chi connectivity index (χ3n) is 2.72. The summed E-state index contributed by atoms with van der Waals surface area (Å²) in [7, 11) is 0. The highest BCUT2D eigenvalue weighted by Gasteiger charge is 2.09. The maximum Gasteiger partial charge on any atom is 0.258 e. The number of nitrogens with two attached hydrogens (primary N) is 1. The van der Waals surface area contributed by atoms with E-state index in [-0.39, 0.29) is 18.6 Å². The van der Waals surface area contributed by atoms with Gasteiger partial charge in [-0.05, 0) is 25.0 Å². The fourth-order valence-corrected chi connectivity index (χ4v) is 1.75. The van der Waals surface area contributed by atoms with Crippen LogP contribution in [-0.2, 0) is 4.79 Å². The van der Waals surface area contributed by atoms with Gasteiger partial charge in [-0.2, -0.15) is 0 Å². The molecule has 1 aromatic rings. The largest absolute Gasteiger partial charge is 0.484 e. The van der Waals surface area contributed by atoms with Crippen LogP contribution in [0.3, 0.4) is 0 Å². The van der Waals surface area contributed by atoms with Gasteiger partial charge in [-0.1, -0.05) is 26.3 Å². The first kappa shape index (κ1) is 14.4. The molecule has 100 valence electrons. The smallest absolute Gasteiger partial charge is 0.258 e. The molecule has 0 radical (unpaired) electrons. The molecule has 4 heteroatoms. The molecule has 0 bridgehead atoms. The van der Waals surface area contributed by atoms with Crippen molar-refractivity contribution in [1.29, 1.82) is 0 Å².